The van der Waals surface area contributed by atoms with E-state index in [1.807, 2.05) is 0 Å². The molecular weight excluding hydrogens is 262 g/mol. The molecule has 1 fully saturated rings. The Hall–Kier alpha value is -1.10. The van der Waals surface area contributed by atoms with Crippen molar-refractivity contribution in [1.82, 2.24) is 15.1 Å². The van der Waals surface area contributed by atoms with E-state index < -0.39 is 0 Å². The lowest BCUT2D eigenvalue weighted by molar-refractivity contribution is 0.147. The highest BCUT2D eigenvalue weighted by Gasteiger charge is 2.16. The Morgan fingerprint density at radius 3 is 2.57 bits per heavy atom. The molecule has 1 N–H and O–H groups in total. The van der Waals surface area contributed by atoms with E-state index in [9.17, 15) is 0 Å². The van der Waals surface area contributed by atoms with Gasteiger partial charge in [-0.3, -0.25) is 4.90 Å². The summed E-state index contributed by atoms with van der Waals surface area (Å²) < 4.78 is 5.55. The first kappa shape index (κ1) is 16.3. The molecule has 0 saturated carbocycles. The van der Waals surface area contributed by atoms with Gasteiger partial charge in [0, 0.05) is 44.3 Å². The predicted octanol–water partition coefficient (Wildman–Crippen LogP) is 2.11. The molecule has 0 aliphatic carbocycles. The molecule has 0 amide bonds. The minimum absolute atomic E-state index is 0.382. The molecule has 1 aromatic rings. The van der Waals surface area contributed by atoms with Crippen LogP contribution in [0.25, 0.3) is 0 Å². The van der Waals surface area contributed by atoms with Crippen LogP contribution >= 0.6 is 0 Å². The van der Waals surface area contributed by atoms with Crippen molar-refractivity contribution in [3.8, 4) is 5.75 Å². The molecule has 0 spiro atoms. The normalized spacial score (nSPS) is 18.7. The van der Waals surface area contributed by atoms with Crippen LogP contribution in [0.3, 0.4) is 0 Å². The molecule has 1 aliphatic rings. The van der Waals surface area contributed by atoms with Crippen LogP contribution in [-0.2, 0) is 6.54 Å². The van der Waals surface area contributed by atoms with E-state index in [1.165, 1.54) is 11.1 Å². The van der Waals surface area contributed by atoms with E-state index in [-0.39, 0.29) is 0 Å². The number of piperazine rings is 1. The van der Waals surface area contributed by atoms with E-state index in [0.29, 0.717) is 6.04 Å². The van der Waals surface area contributed by atoms with Gasteiger partial charge in [0.1, 0.15) is 5.75 Å². The summed E-state index contributed by atoms with van der Waals surface area (Å²) in [6.45, 7) is 10.9. The maximum atomic E-state index is 5.55. The number of methoxy groups -OCH3 is 1. The third-order valence-corrected chi connectivity index (χ3v) is 4.30. The Bertz CT molecular complexity index is 442. The molecule has 4 nitrogen and oxygen atoms in total. The zero-order chi connectivity index (χ0) is 15.2. The fraction of sp³-hybridized carbons (Fsp3) is 0.647. The highest BCUT2D eigenvalue weighted by atomic mass is 16.5. The van der Waals surface area contributed by atoms with Crippen molar-refractivity contribution in [2.45, 2.75) is 26.4 Å². The van der Waals surface area contributed by atoms with Crippen molar-refractivity contribution in [2.24, 2.45) is 0 Å². The molecule has 0 radical (unpaired) electrons. The van der Waals surface area contributed by atoms with Crippen molar-refractivity contribution in [2.75, 3.05) is 46.9 Å². The van der Waals surface area contributed by atoms with Gasteiger partial charge < -0.3 is 15.0 Å². The average Bonchev–Trinajstić information content (AvgIpc) is 2.50. The van der Waals surface area contributed by atoms with Gasteiger partial charge in [-0.2, -0.15) is 0 Å². The number of rotatable bonds is 6. The Morgan fingerprint density at radius 1 is 1.24 bits per heavy atom. The minimum Gasteiger partial charge on any atom is -0.496 e. The van der Waals surface area contributed by atoms with Gasteiger partial charge in [-0.1, -0.05) is 13.0 Å². The first-order valence-corrected chi connectivity index (χ1v) is 7.95. The number of likely N-dealkylation sites (N-methyl/N-ethyl adjacent to an activating group) is 1. The summed E-state index contributed by atoms with van der Waals surface area (Å²) in [5, 5.41) is 3.47. The molecule has 1 unspecified atom stereocenters. The average molecular weight is 291 g/mol. The lowest BCUT2D eigenvalue weighted by Gasteiger charge is -2.32. The van der Waals surface area contributed by atoms with Crippen LogP contribution in [0.2, 0.25) is 0 Å². The van der Waals surface area contributed by atoms with E-state index in [4.69, 9.17) is 4.74 Å². The quantitative estimate of drug-likeness (QED) is 0.869. The first-order valence-electron chi connectivity index (χ1n) is 7.95. The molecule has 1 saturated heterocycles. The van der Waals surface area contributed by atoms with Gasteiger partial charge in [0.2, 0.25) is 0 Å². The molecule has 0 aromatic heterocycles. The Balaban J connectivity index is 2.10. The minimum atomic E-state index is 0.382. The maximum absolute atomic E-state index is 5.55. The molecule has 1 aromatic carbocycles. The highest BCUT2D eigenvalue weighted by molar-refractivity contribution is 5.38. The van der Waals surface area contributed by atoms with E-state index in [1.54, 1.807) is 7.11 Å². The summed E-state index contributed by atoms with van der Waals surface area (Å²) in [4.78, 5) is 4.90. The van der Waals surface area contributed by atoms with Gasteiger partial charge in [0.05, 0.1) is 7.11 Å². The summed E-state index contributed by atoms with van der Waals surface area (Å²) in [7, 11) is 3.95. The van der Waals surface area contributed by atoms with Crippen molar-refractivity contribution >= 4 is 0 Å². The summed E-state index contributed by atoms with van der Waals surface area (Å²) in [5.74, 6) is 1.00. The Labute approximate surface area is 129 Å². The van der Waals surface area contributed by atoms with Gasteiger partial charge >= 0.3 is 0 Å². The second-order valence-electron chi connectivity index (χ2n) is 5.93. The zero-order valence-electron chi connectivity index (χ0n) is 13.9. The summed E-state index contributed by atoms with van der Waals surface area (Å²) in [6.07, 6.45) is 0. The lowest BCUT2D eigenvalue weighted by atomic mass is 10.0. The van der Waals surface area contributed by atoms with Gasteiger partial charge in [0.15, 0.2) is 0 Å². The van der Waals surface area contributed by atoms with Gasteiger partial charge in [-0.15, -0.1) is 0 Å². The van der Waals surface area contributed by atoms with Crippen molar-refractivity contribution < 1.29 is 4.74 Å². The van der Waals surface area contributed by atoms with E-state index >= 15 is 0 Å². The Morgan fingerprint density at radius 2 is 1.95 bits per heavy atom. The second kappa shape index (κ2) is 7.78. The number of nitrogens with one attached hydrogen (secondary N) is 1. The molecule has 21 heavy (non-hydrogen) atoms. The maximum Gasteiger partial charge on any atom is 0.123 e. The molecular formula is C17H29N3O. The van der Waals surface area contributed by atoms with Crippen LogP contribution in [0.15, 0.2) is 18.2 Å². The molecule has 2 rings (SSSR count). The monoisotopic (exact) mass is 291 g/mol. The first-order chi connectivity index (χ1) is 10.1. The van der Waals surface area contributed by atoms with Gasteiger partial charge in [-0.05, 0) is 38.2 Å². The summed E-state index contributed by atoms with van der Waals surface area (Å²) >= 11 is 0. The van der Waals surface area contributed by atoms with Gasteiger partial charge in [0.25, 0.3) is 0 Å². The smallest absolute Gasteiger partial charge is 0.123 e. The topological polar surface area (TPSA) is 27.7 Å². The Kier molecular flexibility index (Phi) is 6.03. The number of nitrogens with zero attached hydrogens (tertiary/aromatic N) is 2. The molecule has 1 atom stereocenters. The van der Waals surface area contributed by atoms with Crippen LogP contribution in [0.4, 0.5) is 0 Å². The fourth-order valence-electron chi connectivity index (χ4n) is 2.86. The van der Waals surface area contributed by atoms with Crippen molar-refractivity contribution in [1.29, 1.82) is 0 Å². The van der Waals surface area contributed by atoms with Crippen LogP contribution in [0, 0.1) is 0 Å². The molecule has 0 bridgehead atoms. The lowest BCUT2D eigenvalue weighted by Crippen LogP contribution is -2.43. The van der Waals surface area contributed by atoms with Crippen molar-refractivity contribution in [3.63, 3.8) is 0 Å². The van der Waals surface area contributed by atoms with Crippen molar-refractivity contribution in [3.05, 3.63) is 29.3 Å². The molecule has 1 heterocycles. The largest absolute Gasteiger partial charge is 0.496 e. The number of ether oxygens (including phenoxy) is 1. The number of hydrogen-bond acceptors (Lipinski definition) is 4. The number of hydrogen-bond donors (Lipinski definition) is 1. The van der Waals surface area contributed by atoms with Crippen LogP contribution in [0.5, 0.6) is 5.75 Å². The van der Waals surface area contributed by atoms with Crippen LogP contribution < -0.4 is 10.1 Å². The fourth-order valence-corrected chi connectivity index (χ4v) is 2.86. The SMILES string of the molecule is CCNC(C)c1ccc(OC)c(CN2CCN(C)CC2)c1. The summed E-state index contributed by atoms with van der Waals surface area (Å²) in [5.41, 5.74) is 2.63. The summed E-state index contributed by atoms with van der Waals surface area (Å²) in [6, 6.07) is 6.95. The zero-order valence-corrected chi connectivity index (χ0v) is 13.9. The second-order valence-corrected chi connectivity index (χ2v) is 5.93. The molecule has 118 valence electrons. The third-order valence-electron chi connectivity index (χ3n) is 4.30. The van der Waals surface area contributed by atoms with E-state index in [0.717, 1.165) is 45.0 Å². The number of benzene rings is 1. The standard InChI is InChI=1S/C17H29N3O/c1-5-18-14(2)15-6-7-17(21-4)16(12-15)13-20-10-8-19(3)9-11-20/h6-7,12,14,18H,5,8-11,13H2,1-4H3. The third kappa shape index (κ3) is 4.43. The van der Waals surface area contributed by atoms with Crippen LogP contribution in [0.1, 0.15) is 31.0 Å². The van der Waals surface area contributed by atoms with Crippen LogP contribution in [-0.4, -0.2) is 56.7 Å². The predicted molar refractivity (Wildman–Crippen MR) is 87.9 cm³/mol. The van der Waals surface area contributed by atoms with E-state index in [2.05, 4.69) is 54.2 Å². The molecule has 1 aliphatic heterocycles. The molecule has 4 heteroatoms. The van der Waals surface area contributed by atoms with Gasteiger partial charge in [-0.25, -0.2) is 0 Å². The highest BCUT2D eigenvalue weighted by Crippen LogP contribution is 2.25.